The molecule has 0 saturated carbocycles. The second-order valence-electron chi connectivity index (χ2n) is 5.13. The molecule has 1 aromatic heterocycles. The zero-order chi connectivity index (χ0) is 14.7. The summed E-state index contributed by atoms with van der Waals surface area (Å²) in [5, 5.41) is 8.84. The first-order chi connectivity index (χ1) is 10.2. The number of carboxylic acid groups (broad SMARTS) is 1. The number of hydrogen-bond donors (Lipinski definition) is 1. The Balaban J connectivity index is 1.47. The second-order valence-corrected chi connectivity index (χ2v) is 5.13. The minimum Gasteiger partial charge on any atom is -0.486 e. The lowest BCUT2D eigenvalue weighted by molar-refractivity contribution is -0.147. The Kier molecular flexibility index (Phi) is 3.87. The standard InChI is InChI=1S/C15H16N2O4/c18-15(19)12-7-17(8-12)6-11-1-3-13(4-2-11)20-9-14-5-16-10-21-14/h1-5,10,12H,6-9H2,(H,18,19). The predicted octanol–water partition coefficient (Wildman–Crippen LogP) is 1.77. The molecule has 1 fully saturated rings. The van der Waals surface area contributed by atoms with Crippen LogP contribution in [0.5, 0.6) is 5.75 Å². The van der Waals surface area contributed by atoms with Gasteiger partial charge >= 0.3 is 5.97 Å². The van der Waals surface area contributed by atoms with Crippen LogP contribution in [-0.2, 0) is 17.9 Å². The molecule has 0 spiro atoms. The summed E-state index contributed by atoms with van der Waals surface area (Å²) in [5.41, 5.74) is 1.14. The maximum atomic E-state index is 10.7. The number of oxazole rings is 1. The molecule has 6 heteroatoms. The number of hydrogen-bond acceptors (Lipinski definition) is 5. The fourth-order valence-electron chi connectivity index (χ4n) is 2.27. The van der Waals surface area contributed by atoms with E-state index in [1.807, 2.05) is 24.3 Å². The van der Waals surface area contributed by atoms with E-state index < -0.39 is 5.97 Å². The smallest absolute Gasteiger partial charge is 0.309 e. The molecule has 0 atom stereocenters. The van der Waals surface area contributed by atoms with Gasteiger partial charge < -0.3 is 14.3 Å². The quantitative estimate of drug-likeness (QED) is 0.873. The fourth-order valence-corrected chi connectivity index (χ4v) is 2.27. The summed E-state index contributed by atoms with van der Waals surface area (Å²) in [6.07, 6.45) is 3.00. The van der Waals surface area contributed by atoms with Gasteiger partial charge in [0.05, 0.1) is 12.1 Å². The summed E-state index contributed by atoms with van der Waals surface area (Å²) in [7, 11) is 0. The van der Waals surface area contributed by atoms with Crippen molar-refractivity contribution in [2.75, 3.05) is 13.1 Å². The highest BCUT2D eigenvalue weighted by Crippen LogP contribution is 2.20. The van der Waals surface area contributed by atoms with Crippen molar-refractivity contribution < 1.29 is 19.1 Å². The second kappa shape index (κ2) is 5.97. The molecule has 0 aliphatic carbocycles. The Labute approximate surface area is 122 Å². The van der Waals surface area contributed by atoms with Crippen LogP contribution in [0.4, 0.5) is 0 Å². The number of likely N-dealkylation sites (tertiary alicyclic amines) is 1. The van der Waals surface area contributed by atoms with E-state index in [9.17, 15) is 4.79 Å². The predicted molar refractivity (Wildman–Crippen MR) is 73.7 cm³/mol. The van der Waals surface area contributed by atoms with Gasteiger partial charge in [-0.2, -0.15) is 0 Å². The average molecular weight is 288 g/mol. The van der Waals surface area contributed by atoms with Gasteiger partial charge in [-0.1, -0.05) is 12.1 Å². The number of nitrogens with zero attached hydrogens (tertiary/aromatic N) is 2. The molecule has 0 amide bonds. The maximum absolute atomic E-state index is 10.7. The molecule has 1 N–H and O–H groups in total. The Hall–Kier alpha value is -2.34. The first-order valence-electron chi connectivity index (χ1n) is 6.75. The van der Waals surface area contributed by atoms with Crippen LogP contribution < -0.4 is 4.74 Å². The van der Waals surface area contributed by atoms with Crippen LogP contribution in [0.3, 0.4) is 0 Å². The largest absolute Gasteiger partial charge is 0.486 e. The molecule has 0 bridgehead atoms. The zero-order valence-electron chi connectivity index (χ0n) is 11.4. The number of rotatable bonds is 6. The minimum absolute atomic E-state index is 0.213. The first kappa shape index (κ1) is 13.6. The highest BCUT2D eigenvalue weighted by molar-refractivity contribution is 5.71. The molecule has 1 saturated heterocycles. The topological polar surface area (TPSA) is 75.8 Å². The van der Waals surface area contributed by atoms with Crippen molar-refractivity contribution in [2.45, 2.75) is 13.2 Å². The Bertz CT molecular complexity index is 589. The maximum Gasteiger partial charge on any atom is 0.309 e. The van der Waals surface area contributed by atoms with Crippen molar-refractivity contribution in [1.29, 1.82) is 0 Å². The number of ether oxygens (including phenoxy) is 1. The zero-order valence-corrected chi connectivity index (χ0v) is 11.4. The summed E-state index contributed by atoms with van der Waals surface area (Å²) in [6.45, 7) is 2.37. The highest BCUT2D eigenvalue weighted by Gasteiger charge is 2.31. The van der Waals surface area contributed by atoms with Gasteiger partial charge in [-0.15, -0.1) is 0 Å². The summed E-state index contributed by atoms with van der Waals surface area (Å²) < 4.78 is 10.7. The van der Waals surface area contributed by atoms with E-state index in [-0.39, 0.29) is 5.92 Å². The molecule has 3 rings (SSSR count). The lowest BCUT2D eigenvalue weighted by Gasteiger charge is -2.36. The summed E-state index contributed by atoms with van der Waals surface area (Å²) in [4.78, 5) is 16.7. The third-order valence-electron chi connectivity index (χ3n) is 3.50. The van der Waals surface area contributed by atoms with E-state index in [0.29, 0.717) is 25.5 Å². The van der Waals surface area contributed by atoms with Crippen LogP contribution in [0, 0.1) is 5.92 Å². The molecule has 110 valence electrons. The fraction of sp³-hybridized carbons (Fsp3) is 0.333. The summed E-state index contributed by atoms with van der Waals surface area (Å²) in [6, 6.07) is 7.79. The van der Waals surface area contributed by atoms with Crippen LogP contribution in [0.1, 0.15) is 11.3 Å². The SMILES string of the molecule is O=C(O)C1CN(Cc2ccc(OCc3cnco3)cc2)C1. The normalized spacial score (nSPS) is 15.6. The van der Waals surface area contributed by atoms with Crippen molar-refractivity contribution in [3.63, 3.8) is 0 Å². The molecule has 6 nitrogen and oxygen atoms in total. The first-order valence-corrected chi connectivity index (χ1v) is 6.75. The minimum atomic E-state index is -0.706. The van der Waals surface area contributed by atoms with Gasteiger partial charge in [-0.3, -0.25) is 9.69 Å². The van der Waals surface area contributed by atoms with Crippen LogP contribution >= 0.6 is 0 Å². The van der Waals surface area contributed by atoms with Crippen molar-refractivity contribution in [3.8, 4) is 5.75 Å². The van der Waals surface area contributed by atoms with Crippen molar-refractivity contribution >= 4 is 5.97 Å². The van der Waals surface area contributed by atoms with Crippen molar-refractivity contribution in [3.05, 3.63) is 48.2 Å². The molecular formula is C15H16N2O4. The molecule has 2 aromatic rings. The number of carbonyl (C=O) groups is 1. The third-order valence-corrected chi connectivity index (χ3v) is 3.50. The number of benzene rings is 1. The van der Waals surface area contributed by atoms with Crippen LogP contribution in [-0.4, -0.2) is 34.0 Å². The van der Waals surface area contributed by atoms with Crippen molar-refractivity contribution in [2.24, 2.45) is 5.92 Å². The van der Waals surface area contributed by atoms with Crippen LogP contribution in [0.15, 0.2) is 41.3 Å². The highest BCUT2D eigenvalue weighted by atomic mass is 16.5. The molecule has 1 aliphatic rings. The molecule has 1 aromatic carbocycles. The van der Waals surface area contributed by atoms with E-state index in [2.05, 4.69) is 9.88 Å². The van der Waals surface area contributed by atoms with Gasteiger partial charge in [0.15, 0.2) is 12.2 Å². The van der Waals surface area contributed by atoms with E-state index in [0.717, 1.165) is 17.9 Å². The van der Waals surface area contributed by atoms with E-state index >= 15 is 0 Å². The van der Waals surface area contributed by atoms with Gasteiger partial charge in [0.25, 0.3) is 0 Å². The molecule has 2 heterocycles. The van der Waals surface area contributed by atoms with Crippen LogP contribution in [0.25, 0.3) is 0 Å². The number of aromatic nitrogens is 1. The molecular weight excluding hydrogens is 272 g/mol. The van der Waals surface area contributed by atoms with Gasteiger partial charge in [-0.05, 0) is 17.7 Å². The molecule has 0 radical (unpaired) electrons. The average Bonchev–Trinajstić information content (AvgIpc) is 2.94. The monoisotopic (exact) mass is 288 g/mol. The Morgan fingerprint density at radius 3 is 2.76 bits per heavy atom. The summed E-state index contributed by atoms with van der Waals surface area (Å²) >= 11 is 0. The molecule has 0 unspecified atom stereocenters. The Morgan fingerprint density at radius 2 is 2.14 bits per heavy atom. The Morgan fingerprint density at radius 1 is 1.38 bits per heavy atom. The lowest BCUT2D eigenvalue weighted by Crippen LogP contribution is -2.49. The van der Waals surface area contributed by atoms with Crippen molar-refractivity contribution in [1.82, 2.24) is 9.88 Å². The van der Waals surface area contributed by atoms with Crippen LogP contribution in [0.2, 0.25) is 0 Å². The van der Waals surface area contributed by atoms with Gasteiger partial charge in [0, 0.05) is 19.6 Å². The van der Waals surface area contributed by atoms with Gasteiger partial charge in [0.2, 0.25) is 0 Å². The van der Waals surface area contributed by atoms with E-state index in [4.69, 9.17) is 14.3 Å². The lowest BCUT2D eigenvalue weighted by atomic mass is 10.00. The number of carboxylic acids is 1. The molecule has 1 aliphatic heterocycles. The number of aliphatic carboxylic acids is 1. The van der Waals surface area contributed by atoms with E-state index in [1.54, 1.807) is 6.20 Å². The van der Waals surface area contributed by atoms with Gasteiger partial charge in [0.1, 0.15) is 12.4 Å². The molecule has 21 heavy (non-hydrogen) atoms. The van der Waals surface area contributed by atoms with E-state index in [1.165, 1.54) is 6.39 Å². The van der Waals surface area contributed by atoms with Gasteiger partial charge in [-0.25, -0.2) is 4.98 Å². The third kappa shape index (κ3) is 3.41. The summed E-state index contributed by atoms with van der Waals surface area (Å²) in [5.74, 6) is 0.526.